The molecule has 2 heterocycles. The molecule has 23 heavy (non-hydrogen) atoms. The van der Waals surface area contributed by atoms with Gasteiger partial charge in [-0.1, -0.05) is 18.5 Å². The first kappa shape index (κ1) is 16.1. The molecule has 1 atom stereocenters. The number of nitrogens with zero attached hydrogens (tertiary/aromatic N) is 3. The van der Waals surface area contributed by atoms with Gasteiger partial charge in [0, 0.05) is 35.1 Å². The SMILES string of the molecule is CCC1CCCCN1c1cc(C)nc(Nc2ccc(Cl)cc2)n1. The quantitative estimate of drug-likeness (QED) is 0.861. The molecule has 1 fully saturated rings. The summed E-state index contributed by atoms with van der Waals surface area (Å²) < 4.78 is 0. The average Bonchev–Trinajstić information content (AvgIpc) is 2.56. The monoisotopic (exact) mass is 330 g/mol. The highest BCUT2D eigenvalue weighted by Crippen LogP contribution is 2.27. The molecule has 1 aliphatic heterocycles. The van der Waals surface area contributed by atoms with Gasteiger partial charge >= 0.3 is 0 Å². The molecule has 0 amide bonds. The van der Waals surface area contributed by atoms with Crippen LogP contribution in [0.25, 0.3) is 0 Å². The summed E-state index contributed by atoms with van der Waals surface area (Å²) in [5.74, 6) is 1.67. The van der Waals surface area contributed by atoms with E-state index in [-0.39, 0.29) is 0 Å². The van der Waals surface area contributed by atoms with E-state index in [1.54, 1.807) is 0 Å². The number of rotatable bonds is 4. The summed E-state index contributed by atoms with van der Waals surface area (Å²) in [5.41, 5.74) is 1.92. The van der Waals surface area contributed by atoms with E-state index in [1.807, 2.05) is 31.2 Å². The van der Waals surface area contributed by atoms with E-state index in [1.165, 1.54) is 19.3 Å². The van der Waals surface area contributed by atoms with Crippen LogP contribution in [0, 0.1) is 6.92 Å². The Morgan fingerprint density at radius 1 is 1.22 bits per heavy atom. The molecule has 4 nitrogen and oxygen atoms in total. The summed E-state index contributed by atoms with van der Waals surface area (Å²) in [4.78, 5) is 11.7. The van der Waals surface area contributed by atoms with E-state index in [9.17, 15) is 0 Å². The predicted molar refractivity (Wildman–Crippen MR) is 96.8 cm³/mol. The lowest BCUT2D eigenvalue weighted by Crippen LogP contribution is -2.39. The second-order valence-corrected chi connectivity index (χ2v) is 6.51. The summed E-state index contributed by atoms with van der Waals surface area (Å²) in [5, 5.41) is 4.00. The Morgan fingerprint density at radius 2 is 2.00 bits per heavy atom. The molecule has 122 valence electrons. The summed E-state index contributed by atoms with van der Waals surface area (Å²) in [6.45, 7) is 5.35. The number of nitrogens with one attached hydrogen (secondary N) is 1. The topological polar surface area (TPSA) is 41.1 Å². The molecular weight excluding hydrogens is 308 g/mol. The Kier molecular flexibility index (Phi) is 5.01. The molecule has 1 N–H and O–H groups in total. The van der Waals surface area contributed by atoms with Crippen LogP contribution in [0.3, 0.4) is 0 Å². The molecule has 3 rings (SSSR count). The van der Waals surface area contributed by atoms with Crippen molar-refractivity contribution in [1.82, 2.24) is 9.97 Å². The molecule has 0 bridgehead atoms. The van der Waals surface area contributed by atoms with Gasteiger partial charge in [-0.05, 0) is 56.9 Å². The van der Waals surface area contributed by atoms with Crippen LogP contribution in [0.15, 0.2) is 30.3 Å². The molecule has 0 spiro atoms. The molecule has 1 aliphatic rings. The van der Waals surface area contributed by atoms with Crippen LogP contribution in [-0.2, 0) is 0 Å². The van der Waals surface area contributed by atoms with E-state index < -0.39 is 0 Å². The standard InChI is InChI=1S/C18H23ClN4/c1-3-16-6-4-5-11-23(16)17-12-13(2)20-18(22-17)21-15-9-7-14(19)8-10-15/h7-10,12,16H,3-6,11H2,1-2H3,(H,20,21,22). The van der Waals surface area contributed by atoms with Crippen LogP contribution in [0.1, 0.15) is 38.3 Å². The Morgan fingerprint density at radius 3 is 2.74 bits per heavy atom. The molecule has 1 aromatic heterocycles. The Balaban J connectivity index is 1.85. The first-order valence-electron chi connectivity index (χ1n) is 8.30. The van der Waals surface area contributed by atoms with Crippen LogP contribution in [0.2, 0.25) is 5.02 Å². The molecule has 5 heteroatoms. The maximum absolute atomic E-state index is 5.93. The Bertz CT molecular complexity index is 657. The minimum Gasteiger partial charge on any atom is -0.353 e. The molecule has 1 aromatic carbocycles. The number of benzene rings is 1. The average molecular weight is 331 g/mol. The van der Waals surface area contributed by atoms with Gasteiger partial charge in [-0.2, -0.15) is 4.98 Å². The zero-order valence-corrected chi connectivity index (χ0v) is 14.5. The van der Waals surface area contributed by atoms with Crippen molar-refractivity contribution in [3.8, 4) is 0 Å². The summed E-state index contributed by atoms with van der Waals surface area (Å²) >= 11 is 5.93. The fourth-order valence-electron chi connectivity index (χ4n) is 3.14. The van der Waals surface area contributed by atoms with E-state index in [2.05, 4.69) is 28.2 Å². The van der Waals surface area contributed by atoms with E-state index >= 15 is 0 Å². The second kappa shape index (κ2) is 7.18. The van der Waals surface area contributed by atoms with Crippen LogP contribution in [0.5, 0.6) is 0 Å². The number of piperidine rings is 1. The Labute approximate surface area is 142 Å². The minimum absolute atomic E-state index is 0.585. The highest BCUT2D eigenvalue weighted by Gasteiger charge is 2.22. The van der Waals surface area contributed by atoms with Gasteiger partial charge in [0.05, 0.1) is 0 Å². The lowest BCUT2D eigenvalue weighted by atomic mass is 10.00. The molecular formula is C18H23ClN4. The lowest BCUT2D eigenvalue weighted by molar-refractivity contribution is 0.446. The van der Waals surface area contributed by atoms with Crippen LogP contribution in [-0.4, -0.2) is 22.6 Å². The number of halogens is 1. The van der Waals surface area contributed by atoms with Gasteiger partial charge in [0.15, 0.2) is 0 Å². The maximum Gasteiger partial charge on any atom is 0.229 e. The van der Waals surface area contributed by atoms with Crippen molar-refractivity contribution >= 4 is 29.1 Å². The third-order valence-electron chi connectivity index (χ3n) is 4.33. The number of hydrogen-bond acceptors (Lipinski definition) is 4. The van der Waals surface area contributed by atoms with Crippen molar-refractivity contribution in [3.05, 3.63) is 41.0 Å². The van der Waals surface area contributed by atoms with Gasteiger partial charge in [-0.15, -0.1) is 0 Å². The summed E-state index contributed by atoms with van der Waals surface area (Å²) in [7, 11) is 0. The third kappa shape index (κ3) is 3.94. The maximum atomic E-state index is 5.93. The van der Waals surface area contributed by atoms with Crippen molar-refractivity contribution in [3.63, 3.8) is 0 Å². The van der Waals surface area contributed by atoms with Gasteiger partial charge in [-0.25, -0.2) is 4.98 Å². The van der Waals surface area contributed by atoms with Gasteiger partial charge in [0.1, 0.15) is 5.82 Å². The molecule has 2 aromatic rings. The van der Waals surface area contributed by atoms with Gasteiger partial charge < -0.3 is 10.2 Å². The normalized spacial score (nSPS) is 18.0. The van der Waals surface area contributed by atoms with Crippen molar-refractivity contribution in [2.75, 3.05) is 16.8 Å². The Hall–Kier alpha value is -1.81. The van der Waals surface area contributed by atoms with Crippen molar-refractivity contribution in [1.29, 1.82) is 0 Å². The highest BCUT2D eigenvalue weighted by molar-refractivity contribution is 6.30. The summed E-state index contributed by atoms with van der Waals surface area (Å²) in [6, 6.07) is 10.3. The van der Waals surface area contributed by atoms with Gasteiger partial charge in [0.25, 0.3) is 0 Å². The van der Waals surface area contributed by atoms with Crippen LogP contribution >= 0.6 is 11.6 Å². The van der Waals surface area contributed by atoms with E-state index in [0.29, 0.717) is 12.0 Å². The van der Waals surface area contributed by atoms with Crippen LogP contribution in [0.4, 0.5) is 17.5 Å². The molecule has 0 aliphatic carbocycles. The fraction of sp³-hybridized carbons (Fsp3) is 0.444. The van der Waals surface area contributed by atoms with Crippen molar-refractivity contribution in [2.24, 2.45) is 0 Å². The van der Waals surface area contributed by atoms with Crippen molar-refractivity contribution in [2.45, 2.75) is 45.6 Å². The van der Waals surface area contributed by atoms with E-state index in [4.69, 9.17) is 16.6 Å². The second-order valence-electron chi connectivity index (χ2n) is 6.07. The molecule has 1 saturated heterocycles. The molecule has 1 unspecified atom stereocenters. The van der Waals surface area contributed by atoms with Gasteiger partial charge in [0.2, 0.25) is 5.95 Å². The molecule has 0 saturated carbocycles. The summed E-state index contributed by atoms with van der Waals surface area (Å²) in [6.07, 6.45) is 4.96. The van der Waals surface area contributed by atoms with Crippen molar-refractivity contribution < 1.29 is 0 Å². The fourth-order valence-corrected chi connectivity index (χ4v) is 3.27. The minimum atomic E-state index is 0.585. The zero-order chi connectivity index (χ0) is 16.2. The third-order valence-corrected chi connectivity index (χ3v) is 4.59. The predicted octanol–water partition coefficient (Wildman–Crippen LogP) is 4.95. The largest absolute Gasteiger partial charge is 0.353 e. The number of anilines is 3. The van der Waals surface area contributed by atoms with Gasteiger partial charge in [-0.3, -0.25) is 0 Å². The number of hydrogen-bond donors (Lipinski definition) is 1. The first-order chi connectivity index (χ1) is 11.2. The smallest absolute Gasteiger partial charge is 0.229 e. The first-order valence-corrected chi connectivity index (χ1v) is 8.68. The van der Waals surface area contributed by atoms with E-state index in [0.717, 1.165) is 35.2 Å². The van der Waals surface area contributed by atoms with Crippen LogP contribution < -0.4 is 10.2 Å². The number of aromatic nitrogens is 2. The lowest BCUT2D eigenvalue weighted by Gasteiger charge is -2.36. The zero-order valence-electron chi connectivity index (χ0n) is 13.7. The number of aryl methyl sites for hydroxylation is 1. The highest BCUT2D eigenvalue weighted by atomic mass is 35.5. The molecule has 0 radical (unpaired) electrons.